The molecule has 1 atom stereocenters. The molecule has 1 aliphatic heterocycles. The topological polar surface area (TPSA) is 94.8 Å². The van der Waals surface area contributed by atoms with Gasteiger partial charge in [0.2, 0.25) is 0 Å². The molecule has 3 N–H and O–H groups in total. The molecule has 0 saturated carbocycles. The summed E-state index contributed by atoms with van der Waals surface area (Å²) in [5.74, 6) is -0.0608. The maximum absolute atomic E-state index is 12.6. The fraction of sp³-hybridized carbons (Fsp3) is 0.235. The summed E-state index contributed by atoms with van der Waals surface area (Å²) in [7, 11) is 0. The summed E-state index contributed by atoms with van der Waals surface area (Å²) in [6.07, 6.45) is 1.96. The Balaban J connectivity index is 2.03. The first-order valence-electron chi connectivity index (χ1n) is 7.70. The highest BCUT2D eigenvalue weighted by Crippen LogP contribution is 2.43. The zero-order chi connectivity index (χ0) is 16.8. The minimum absolute atomic E-state index is 0.0463. The minimum Gasteiger partial charge on any atom is -0.344 e. The van der Waals surface area contributed by atoms with Crippen molar-refractivity contribution in [3.8, 4) is 0 Å². The molecule has 0 bridgehead atoms. The van der Waals surface area contributed by atoms with Crippen LogP contribution < -0.4 is 16.6 Å². The standard InChI is InChI=1S/C17H14BrN3O3/c18-9-4-1-3-8(7-9)12-13-10(5-2-6-11(13)22)19-15-14(12)16(23)21-17(24)20-15/h1,3-4,7,12H,2,5-6H2,(H3,19,20,21,23,24)/t12-/m1/s1. The molecule has 2 aromatic rings. The van der Waals surface area contributed by atoms with Crippen LogP contribution in [0.5, 0.6) is 0 Å². The summed E-state index contributed by atoms with van der Waals surface area (Å²) >= 11 is 3.44. The van der Waals surface area contributed by atoms with Crippen LogP contribution in [0.3, 0.4) is 0 Å². The van der Waals surface area contributed by atoms with E-state index in [0.29, 0.717) is 23.4 Å². The van der Waals surface area contributed by atoms with Crippen LogP contribution in [0.2, 0.25) is 0 Å². The van der Waals surface area contributed by atoms with Crippen molar-refractivity contribution in [1.29, 1.82) is 0 Å². The Morgan fingerprint density at radius 1 is 1.08 bits per heavy atom. The summed E-state index contributed by atoms with van der Waals surface area (Å²) in [4.78, 5) is 41.6. The summed E-state index contributed by atoms with van der Waals surface area (Å²) < 4.78 is 0.867. The number of halogens is 1. The summed E-state index contributed by atoms with van der Waals surface area (Å²) in [5.41, 5.74) is 1.60. The highest BCUT2D eigenvalue weighted by atomic mass is 79.9. The van der Waals surface area contributed by atoms with Crippen molar-refractivity contribution in [2.24, 2.45) is 0 Å². The van der Waals surface area contributed by atoms with Crippen LogP contribution in [0.15, 0.2) is 49.6 Å². The summed E-state index contributed by atoms with van der Waals surface area (Å²) in [6, 6.07) is 7.55. The van der Waals surface area contributed by atoms with Crippen molar-refractivity contribution in [3.63, 3.8) is 0 Å². The molecule has 0 fully saturated rings. The molecule has 1 aromatic carbocycles. The van der Waals surface area contributed by atoms with Gasteiger partial charge >= 0.3 is 5.69 Å². The van der Waals surface area contributed by atoms with Crippen molar-refractivity contribution in [1.82, 2.24) is 9.97 Å². The first-order chi connectivity index (χ1) is 11.5. The second-order valence-corrected chi connectivity index (χ2v) is 6.89. The number of hydrogen-bond donors (Lipinski definition) is 3. The van der Waals surface area contributed by atoms with E-state index in [9.17, 15) is 14.4 Å². The predicted octanol–water partition coefficient (Wildman–Crippen LogP) is 2.39. The van der Waals surface area contributed by atoms with Gasteiger partial charge in [-0.1, -0.05) is 28.1 Å². The Morgan fingerprint density at radius 2 is 1.92 bits per heavy atom. The van der Waals surface area contributed by atoms with Gasteiger partial charge in [0.15, 0.2) is 5.78 Å². The van der Waals surface area contributed by atoms with Crippen molar-refractivity contribution in [2.45, 2.75) is 25.2 Å². The van der Waals surface area contributed by atoms with Crippen LogP contribution in [-0.4, -0.2) is 15.8 Å². The number of allylic oxidation sites excluding steroid dienone is 2. The monoisotopic (exact) mass is 387 g/mol. The zero-order valence-corrected chi connectivity index (χ0v) is 14.2. The Morgan fingerprint density at radius 3 is 2.71 bits per heavy atom. The lowest BCUT2D eigenvalue weighted by Crippen LogP contribution is -2.36. The van der Waals surface area contributed by atoms with E-state index in [1.54, 1.807) is 0 Å². The number of anilines is 1. The van der Waals surface area contributed by atoms with Crippen molar-refractivity contribution < 1.29 is 4.79 Å². The van der Waals surface area contributed by atoms with Gasteiger partial charge in [-0.3, -0.25) is 19.6 Å². The highest BCUT2D eigenvalue weighted by molar-refractivity contribution is 9.10. The number of H-pyrrole nitrogens is 2. The summed E-state index contributed by atoms with van der Waals surface area (Å²) in [5, 5.41) is 3.10. The highest BCUT2D eigenvalue weighted by Gasteiger charge is 2.37. The van der Waals surface area contributed by atoms with Gasteiger partial charge in [-0.25, -0.2) is 4.79 Å². The smallest absolute Gasteiger partial charge is 0.327 e. The Kier molecular flexibility index (Phi) is 3.53. The van der Waals surface area contributed by atoms with E-state index in [0.717, 1.165) is 28.6 Å². The lowest BCUT2D eigenvalue weighted by molar-refractivity contribution is -0.116. The first kappa shape index (κ1) is 15.1. The van der Waals surface area contributed by atoms with E-state index < -0.39 is 17.2 Å². The SMILES string of the molecule is O=C1CCCC2=C1[C@@H](c1cccc(Br)c1)c1c([nH]c(=O)[nH]c1=O)N2. The number of aromatic amines is 2. The Hall–Kier alpha value is -2.41. The Labute approximate surface area is 145 Å². The van der Waals surface area contributed by atoms with Gasteiger partial charge in [0.1, 0.15) is 5.82 Å². The van der Waals surface area contributed by atoms with Gasteiger partial charge in [-0.2, -0.15) is 0 Å². The average molecular weight is 388 g/mol. The lowest BCUT2D eigenvalue weighted by Gasteiger charge is -2.32. The minimum atomic E-state index is -0.564. The molecule has 1 aromatic heterocycles. The molecule has 4 rings (SSSR count). The fourth-order valence-corrected chi connectivity index (χ4v) is 3.93. The molecule has 0 radical (unpaired) electrons. The molecule has 7 heteroatoms. The molecule has 0 spiro atoms. The molecular weight excluding hydrogens is 374 g/mol. The number of benzene rings is 1. The van der Waals surface area contributed by atoms with Crippen LogP contribution in [0.25, 0.3) is 0 Å². The van der Waals surface area contributed by atoms with Crippen molar-refractivity contribution >= 4 is 27.5 Å². The van der Waals surface area contributed by atoms with Gasteiger partial charge < -0.3 is 5.32 Å². The molecule has 2 heterocycles. The molecule has 1 aliphatic carbocycles. The molecule has 0 saturated heterocycles. The molecule has 122 valence electrons. The van der Waals surface area contributed by atoms with E-state index in [1.807, 2.05) is 24.3 Å². The third-order valence-corrected chi connectivity index (χ3v) is 4.96. The largest absolute Gasteiger partial charge is 0.344 e. The van der Waals surface area contributed by atoms with Crippen LogP contribution in [0.4, 0.5) is 5.82 Å². The van der Waals surface area contributed by atoms with E-state index in [-0.39, 0.29) is 5.78 Å². The maximum atomic E-state index is 12.6. The second-order valence-electron chi connectivity index (χ2n) is 5.98. The van der Waals surface area contributed by atoms with Gasteiger partial charge in [-0.15, -0.1) is 0 Å². The van der Waals surface area contributed by atoms with Crippen LogP contribution >= 0.6 is 15.9 Å². The first-order valence-corrected chi connectivity index (χ1v) is 8.49. The second kappa shape index (κ2) is 5.59. The van der Waals surface area contributed by atoms with Crippen LogP contribution in [-0.2, 0) is 4.79 Å². The molecule has 0 amide bonds. The molecule has 24 heavy (non-hydrogen) atoms. The van der Waals surface area contributed by atoms with E-state index in [1.165, 1.54) is 0 Å². The third kappa shape index (κ3) is 2.36. The molecule has 2 aliphatic rings. The van der Waals surface area contributed by atoms with E-state index in [4.69, 9.17) is 0 Å². The number of hydrogen-bond acceptors (Lipinski definition) is 4. The maximum Gasteiger partial charge on any atom is 0.327 e. The summed E-state index contributed by atoms with van der Waals surface area (Å²) in [6.45, 7) is 0. The third-order valence-electron chi connectivity index (χ3n) is 4.47. The molecule has 0 unspecified atom stereocenters. The Bertz CT molecular complexity index is 1000. The van der Waals surface area contributed by atoms with Crippen molar-refractivity contribution in [3.05, 3.63) is 72.0 Å². The number of nitrogens with one attached hydrogen (secondary N) is 3. The normalized spacial score (nSPS) is 19.5. The number of carbonyl (C=O) groups is 1. The van der Waals surface area contributed by atoms with Gasteiger partial charge in [0.25, 0.3) is 5.56 Å². The fourth-order valence-electron chi connectivity index (χ4n) is 3.51. The lowest BCUT2D eigenvalue weighted by atomic mass is 9.76. The quantitative estimate of drug-likeness (QED) is 0.699. The average Bonchev–Trinajstić information content (AvgIpc) is 2.53. The molecule has 6 nitrogen and oxygen atoms in total. The van der Waals surface area contributed by atoms with Crippen LogP contribution in [0, 0.1) is 0 Å². The number of Topliss-reactive ketones (excluding diaryl/α,β-unsaturated/α-hetero) is 1. The van der Waals surface area contributed by atoms with Gasteiger partial charge in [0, 0.05) is 28.1 Å². The number of aromatic nitrogens is 2. The van der Waals surface area contributed by atoms with Crippen molar-refractivity contribution in [2.75, 3.05) is 5.32 Å². The number of fused-ring (bicyclic) bond motifs is 1. The van der Waals surface area contributed by atoms with Crippen LogP contribution in [0.1, 0.15) is 36.3 Å². The van der Waals surface area contributed by atoms with E-state index >= 15 is 0 Å². The predicted molar refractivity (Wildman–Crippen MR) is 93.2 cm³/mol. The zero-order valence-electron chi connectivity index (χ0n) is 12.6. The van der Waals surface area contributed by atoms with E-state index in [2.05, 4.69) is 31.2 Å². The number of rotatable bonds is 1. The number of ketones is 1. The number of carbonyl (C=O) groups excluding carboxylic acids is 1. The van der Waals surface area contributed by atoms with Gasteiger partial charge in [0.05, 0.1) is 5.56 Å². The molecular formula is C17H14BrN3O3. The van der Waals surface area contributed by atoms with Gasteiger partial charge in [-0.05, 0) is 30.5 Å².